The second-order valence-electron chi connectivity index (χ2n) is 4.19. The van der Waals surface area contributed by atoms with Crippen molar-refractivity contribution in [1.82, 2.24) is 15.1 Å². The molecule has 2 N–H and O–H groups in total. The number of thiazole rings is 1. The predicted octanol–water partition coefficient (Wildman–Crippen LogP) is 2.00. The standard InChI is InChI=1S/C11H16N4O2S/c1-6(2)9(16-3)10-14-11(17-15-10)7-5-18-8(4-12)13-7/h5-6,9H,4,12H2,1-3H3. The highest BCUT2D eigenvalue weighted by Gasteiger charge is 2.22. The van der Waals surface area contributed by atoms with Crippen molar-refractivity contribution in [2.45, 2.75) is 26.5 Å². The quantitative estimate of drug-likeness (QED) is 0.892. The first-order valence-electron chi connectivity index (χ1n) is 5.67. The largest absolute Gasteiger partial charge is 0.373 e. The number of ether oxygens (including phenoxy) is 1. The highest BCUT2D eigenvalue weighted by Crippen LogP contribution is 2.26. The predicted molar refractivity (Wildman–Crippen MR) is 67.9 cm³/mol. The van der Waals surface area contributed by atoms with E-state index in [0.717, 1.165) is 5.01 Å². The second-order valence-corrected chi connectivity index (χ2v) is 5.13. The van der Waals surface area contributed by atoms with E-state index in [2.05, 4.69) is 15.1 Å². The molecular formula is C11H16N4O2S. The fourth-order valence-electron chi connectivity index (χ4n) is 1.63. The Kier molecular flexibility index (Phi) is 4.05. The minimum atomic E-state index is -0.171. The first-order chi connectivity index (χ1) is 8.65. The lowest BCUT2D eigenvalue weighted by Gasteiger charge is -2.14. The van der Waals surface area contributed by atoms with Crippen LogP contribution in [0.25, 0.3) is 11.6 Å². The van der Waals surface area contributed by atoms with E-state index < -0.39 is 0 Å². The molecule has 0 spiro atoms. The van der Waals surface area contributed by atoms with Gasteiger partial charge in [0.05, 0.1) is 0 Å². The molecule has 2 aromatic heterocycles. The maximum Gasteiger partial charge on any atom is 0.277 e. The Hall–Kier alpha value is -1.31. The lowest BCUT2D eigenvalue weighted by atomic mass is 10.1. The smallest absolute Gasteiger partial charge is 0.277 e. The van der Waals surface area contributed by atoms with Crippen LogP contribution < -0.4 is 5.73 Å². The van der Waals surface area contributed by atoms with E-state index in [-0.39, 0.29) is 12.0 Å². The van der Waals surface area contributed by atoms with E-state index in [4.69, 9.17) is 15.0 Å². The molecule has 1 unspecified atom stereocenters. The number of hydrogen-bond acceptors (Lipinski definition) is 7. The van der Waals surface area contributed by atoms with Crippen molar-refractivity contribution in [3.63, 3.8) is 0 Å². The lowest BCUT2D eigenvalue weighted by Crippen LogP contribution is -2.10. The summed E-state index contributed by atoms with van der Waals surface area (Å²) in [5.74, 6) is 1.23. The molecule has 0 aliphatic carbocycles. The molecule has 0 aromatic carbocycles. The van der Waals surface area contributed by atoms with Gasteiger partial charge in [-0.25, -0.2) is 4.98 Å². The van der Waals surface area contributed by atoms with Crippen molar-refractivity contribution in [3.05, 3.63) is 16.2 Å². The van der Waals surface area contributed by atoms with E-state index in [1.807, 2.05) is 19.2 Å². The van der Waals surface area contributed by atoms with Gasteiger partial charge in [-0.15, -0.1) is 11.3 Å². The molecule has 0 amide bonds. The summed E-state index contributed by atoms with van der Waals surface area (Å²) in [7, 11) is 1.63. The number of rotatable bonds is 5. The van der Waals surface area contributed by atoms with Crippen LogP contribution in [0.3, 0.4) is 0 Å². The Morgan fingerprint density at radius 3 is 2.78 bits per heavy atom. The van der Waals surface area contributed by atoms with Crippen molar-refractivity contribution in [1.29, 1.82) is 0 Å². The normalized spacial score (nSPS) is 13.2. The molecule has 7 heteroatoms. The third-order valence-electron chi connectivity index (χ3n) is 2.50. The van der Waals surface area contributed by atoms with E-state index in [1.54, 1.807) is 7.11 Å². The van der Waals surface area contributed by atoms with Gasteiger partial charge in [0.2, 0.25) is 5.82 Å². The van der Waals surface area contributed by atoms with Crippen LogP contribution in [0.15, 0.2) is 9.90 Å². The Morgan fingerprint density at radius 2 is 2.22 bits per heavy atom. The van der Waals surface area contributed by atoms with Crippen LogP contribution in [0.4, 0.5) is 0 Å². The average molecular weight is 268 g/mol. The summed E-state index contributed by atoms with van der Waals surface area (Å²) in [4.78, 5) is 8.62. The number of methoxy groups -OCH3 is 1. The van der Waals surface area contributed by atoms with Crippen LogP contribution in [0, 0.1) is 5.92 Å². The Balaban J connectivity index is 2.24. The second kappa shape index (κ2) is 5.55. The van der Waals surface area contributed by atoms with Crippen LogP contribution in [-0.4, -0.2) is 22.2 Å². The van der Waals surface area contributed by atoms with Gasteiger partial charge in [0.25, 0.3) is 5.89 Å². The summed E-state index contributed by atoms with van der Waals surface area (Å²) in [6.45, 7) is 4.50. The van der Waals surface area contributed by atoms with Gasteiger partial charge in [-0.05, 0) is 5.92 Å². The molecule has 6 nitrogen and oxygen atoms in total. The lowest BCUT2D eigenvalue weighted by molar-refractivity contribution is 0.0556. The molecule has 2 rings (SSSR count). The van der Waals surface area contributed by atoms with E-state index in [0.29, 0.717) is 24.0 Å². The van der Waals surface area contributed by atoms with Crippen LogP contribution in [0.2, 0.25) is 0 Å². The Morgan fingerprint density at radius 1 is 1.44 bits per heavy atom. The van der Waals surface area contributed by atoms with Crippen LogP contribution >= 0.6 is 11.3 Å². The van der Waals surface area contributed by atoms with Crippen LogP contribution in [-0.2, 0) is 11.3 Å². The van der Waals surface area contributed by atoms with Crippen molar-refractivity contribution < 1.29 is 9.26 Å². The first kappa shape index (κ1) is 13.1. The fourth-order valence-corrected chi connectivity index (χ4v) is 2.28. The summed E-state index contributed by atoms with van der Waals surface area (Å²) in [6, 6.07) is 0. The number of nitrogens with zero attached hydrogens (tertiary/aromatic N) is 3. The fraction of sp³-hybridized carbons (Fsp3) is 0.545. The molecule has 0 aliphatic heterocycles. The molecule has 0 fully saturated rings. The molecular weight excluding hydrogens is 252 g/mol. The summed E-state index contributed by atoms with van der Waals surface area (Å²) in [5, 5.41) is 6.64. The molecule has 18 heavy (non-hydrogen) atoms. The van der Waals surface area contributed by atoms with Gasteiger partial charge in [0.1, 0.15) is 16.8 Å². The molecule has 2 aromatic rings. The van der Waals surface area contributed by atoms with Gasteiger partial charge in [0, 0.05) is 19.0 Å². The highest BCUT2D eigenvalue weighted by molar-refractivity contribution is 7.09. The van der Waals surface area contributed by atoms with Gasteiger partial charge in [-0.1, -0.05) is 19.0 Å². The molecule has 0 saturated carbocycles. The Labute approximate surface area is 109 Å². The summed E-state index contributed by atoms with van der Waals surface area (Å²) in [5.41, 5.74) is 6.18. The molecule has 0 bridgehead atoms. The van der Waals surface area contributed by atoms with E-state index in [1.165, 1.54) is 11.3 Å². The van der Waals surface area contributed by atoms with Gasteiger partial charge in [0.15, 0.2) is 0 Å². The third kappa shape index (κ3) is 2.58. The average Bonchev–Trinajstić information content (AvgIpc) is 2.96. The highest BCUT2D eigenvalue weighted by atomic mass is 32.1. The van der Waals surface area contributed by atoms with Gasteiger partial charge in [-0.3, -0.25) is 0 Å². The van der Waals surface area contributed by atoms with Crippen molar-refractivity contribution in [2.24, 2.45) is 11.7 Å². The zero-order valence-corrected chi connectivity index (χ0v) is 11.4. The van der Waals surface area contributed by atoms with Crippen molar-refractivity contribution >= 4 is 11.3 Å². The first-order valence-corrected chi connectivity index (χ1v) is 6.55. The van der Waals surface area contributed by atoms with Crippen molar-refractivity contribution in [3.8, 4) is 11.6 Å². The molecule has 0 radical (unpaired) electrons. The number of aromatic nitrogens is 3. The van der Waals surface area contributed by atoms with E-state index >= 15 is 0 Å². The minimum Gasteiger partial charge on any atom is -0.373 e. The van der Waals surface area contributed by atoms with Gasteiger partial charge < -0.3 is 15.0 Å². The number of hydrogen-bond donors (Lipinski definition) is 1. The van der Waals surface area contributed by atoms with Crippen LogP contribution in [0.5, 0.6) is 0 Å². The molecule has 0 saturated heterocycles. The Bertz CT molecular complexity index is 509. The SMILES string of the molecule is COC(c1noc(-c2csc(CN)n2)n1)C(C)C. The van der Waals surface area contributed by atoms with Crippen molar-refractivity contribution in [2.75, 3.05) is 7.11 Å². The summed E-state index contributed by atoms with van der Waals surface area (Å²) >= 11 is 1.48. The molecule has 98 valence electrons. The molecule has 1 atom stereocenters. The summed E-state index contributed by atoms with van der Waals surface area (Å²) in [6.07, 6.45) is -0.171. The number of nitrogens with two attached hydrogens (primary N) is 1. The maximum absolute atomic E-state index is 5.52. The summed E-state index contributed by atoms with van der Waals surface area (Å²) < 4.78 is 10.6. The van der Waals surface area contributed by atoms with Gasteiger partial charge >= 0.3 is 0 Å². The van der Waals surface area contributed by atoms with Gasteiger partial charge in [-0.2, -0.15) is 4.98 Å². The molecule has 2 heterocycles. The monoisotopic (exact) mass is 268 g/mol. The maximum atomic E-state index is 5.52. The zero-order valence-electron chi connectivity index (χ0n) is 10.6. The topological polar surface area (TPSA) is 87.1 Å². The third-order valence-corrected chi connectivity index (χ3v) is 3.37. The molecule has 0 aliphatic rings. The zero-order chi connectivity index (χ0) is 13.1. The van der Waals surface area contributed by atoms with E-state index in [9.17, 15) is 0 Å². The van der Waals surface area contributed by atoms with Crippen LogP contribution in [0.1, 0.15) is 30.8 Å². The minimum absolute atomic E-state index is 0.171.